The molecule has 3 heteroatoms. The van der Waals surface area contributed by atoms with E-state index in [-0.39, 0.29) is 11.9 Å². The lowest BCUT2D eigenvalue weighted by Gasteiger charge is -2.21. The molecule has 1 atom stereocenters. The first kappa shape index (κ1) is 12.1. The number of esters is 1. The van der Waals surface area contributed by atoms with E-state index in [0.29, 0.717) is 12.8 Å². The predicted octanol–water partition coefficient (Wildman–Crippen LogP) is 1.94. The van der Waals surface area contributed by atoms with Crippen molar-refractivity contribution >= 4 is 12.3 Å². The fourth-order valence-electron chi connectivity index (χ4n) is 0.838. The molecule has 0 heterocycles. The number of aldehydes is 1. The Bertz CT molecular complexity index is 179. The summed E-state index contributed by atoms with van der Waals surface area (Å²) in [5.74, 6) is -0.418. The molecule has 0 amide bonds. The topological polar surface area (TPSA) is 43.4 Å². The van der Waals surface area contributed by atoms with Gasteiger partial charge in [0, 0.05) is 6.42 Å². The highest BCUT2D eigenvalue weighted by atomic mass is 16.6. The van der Waals surface area contributed by atoms with Gasteiger partial charge in [-0.05, 0) is 27.2 Å². The van der Waals surface area contributed by atoms with E-state index in [1.165, 1.54) is 0 Å². The summed E-state index contributed by atoms with van der Waals surface area (Å²) in [5.41, 5.74) is -0.438. The van der Waals surface area contributed by atoms with Crippen LogP contribution in [0.3, 0.4) is 0 Å². The van der Waals surface area contributed by atoms with Gasteiger partial charge in [-0.25, -0.2) is 0 Å². The Labute approximate surface area is 79.5 Å². The highest BCUT2D eigenvalue weighted by Gasteiger charge is 2.20. The van der Waals surface area contributed by atoms with Gasteiger partial charge in [-0.2, -0.15) is 0 Å². The van der Waals surface area contributed by atoms with Gasteiger partial charge in [0.1, 0.15) is 11.9 Å². The summed E-state index contributed by atoms with van der Waals surface area (Å²) in [7, 11) is 0. The highest BCUT2D eigenvalue weighted by molar-refractivity contribution is 5.72. The van der Waals surface area contributed by atoms with E-state index < -0.39 is 5.60 Å². The first-order valence-corrected chi connectivity index (χ1v) is 4.53. The Hall–Kier alpha value is -0.860. The van der Waals surface area contributed by atoms with Crippen LogP contribution in [0.5, 0.6) is 0 Å². The summed E-state index contributed by atoms with van der Waals surface area (Å²) in [5, 5.41) is 0. The molecule has 0 fully saturated rings. The molecular formula is C10H18O3. The Kier molecular flexibility index (Phi) is 4.67. The molecule has 0 aromatic rings. The van der Waals surface area contributed by atoms with Crippen molar-refractivity contribution in [2.45, 2.75) is 46.1 Å². The maximum Gasteiger partial charge on any atom is 0.309 e. The lowest BCUT2D eigenvalue weighted by atomic mass is 10.1. The zero-order valence-corrected chi connectivity index (χ0v) is 8.79. The third-order valence-corrected chi connectivity index (χ3v) is 1.53. The molecule has 0 rings (SSSR count). The van der Waals surface area contributed by atoms with Crippen molar-refractivity contribution in [3.63, 3.8) is 0 Å². The van der Waals surface area contributed by atoms with Crippen molar-refractivity contribution < 1.29 is 14.3 Å². The van der Waals surface area contributed by atoms with E-state index in [9.17, 15) is 9.59 Å². The normalized spacial score (nSPS) is 13.5. The largest absolute Gasteiger partial charge is 0.460 e. The molecule has 0 saturated carbocycles. The van der Waals surface area contributed by atoms with Crippen molar-refractivity contribution in [2.24, 2.45) is 5.92 Å². The van der Waals surface area contributed by atoms with Gasteiger partial charge in [-0.3, -0.25) is 4.79 Å². The van der Waals surface area contributed by atoms with Gasteiger partial charge in [0.15, 0.2) is 0 Å². The molecule has 0 N–H and O–H groups in total. The molecule has 3 nitrogen and oxygen atoms in total. The van der Waals surface area contributed by atoms with Gasteiger partial charge in [-0.1, -0.05) is 6.92 Å². The Morgan fingerprint density at radius 2 is 2.00 bits per heavy atom. The van der Waals surface area contributed by atoms with Gasteiger partial charge in [0.25, 0.3) is 0 Å². The minimum absolute atomic E-state index is 0.190. The fraction of sp³-hybridized carbons (Fsp3) is 0.800. The minimum Gasteiger partial charge on any atom is -0.460 e. The van der Waals surface area contributed by atoms with Crippen LogP contribution in [0.4, 0.5) is 0 Å². The van der Waals surface area contributed by atoms with Crippen LogP contribution in [-0.4, -0.2) is 17.9 Å². The molecule has 0 aliphatic carbocycles. The summed E-state index contributed by atoms with van der Waals surface area (Å²) in [6, 6.07) is 0. The first-order valence-electron chi connectivity index (χ1n) is 4.53. The number of hydrogen-bond donors (Lipinski definition) is 0. The maximum absolute atomic E-state index is 11.3. The van der Waals surface area contributed by atoms with E-state index in [4.69, 9.17) is 4.74 Å². The van der Waals surface area contributed by atoms with Gasteiger partial charge in [-0.15, -0.1) is 0 Å². The smallest absolute Gasteiger partial charge is 0.309 e. The zero-order valence-electron chi connectivity index (χ0n) is 8.79. The molecule has 0 aliphatic heterocycles. The Morgan fingerprint density at radius 3 is 2.38 bits per heavy atom. The van der Waals surface area contributed by atoms with Crippen molar-refractivity contribution in [3.8, 4) is 0 Å². The number of ether oxygens (including phenoxy) is 1. The molecule has 76 valence electrons. The number of hydrogen-bond acceptors (Lipinski definition) is 3. The van der Waals surface area contributed by atoms with E-state index in [1.54, 1.807) is 6.92 Å². The monoisotopic (exact) mass is 186 g/mol. The molecule has 13 heavy (non-hydrogen) atoms. The average Bonchev–Trinajstić information content (AvgIpc) is 1.96. The quantitative estimate of drug-likeness (QED) is 0.498. The molecule has 0 aliphatic rings. The van der Waals surface area contributed by atoms with Crippen molar-refractivity contribution in [1.82, 2.24) is 0 Å². The molecular weight excluding hydrogens is 168 g/mol. The number of carbonyl (C=O) groups is 2. The molecule has 0 aromatic carbocycles. The fourth-order valence-corrected chi connectivity index (χ4v) is 0.838. The molecule has 0 unspecified atom stereocenters. The predicted molar refractivity (Wildman–Crippen MR) is 50.3 cm³/mol. The average molecular weight is 186 g/mol. The highest BCUT2D eigenvalue weighted by Crippen LogP contribution is 2.13. The van der Waals surface area contributed by atoms with E-state index in [1.807, 2.05) is 20.8 Å². The second kappa shape index (κ2) is 5.00. The van der Waals surface area contributed by atoms with Gasteiger partial charge >= 0.3 is 5.97 Å². The lowest BCUT2D eigenvalue weighted by Crippen LogP contribution is -2.27. The van der Waals surface area contributed by atoms with Crippen molar-refractivity contribution in [3.05, 3.63) is 0 Å². The Morgan fingerprint density at radius 1 is 1.46 bits per heavy atom. The molecule has 0 bridgehead atoms. The molecule has 0 aromatic heterocycles. The van der Waals surface area contributed by atoms with E-state index >= 15 is 0 Å². The van der Waals surface area contributed by atoms with Crippen LogP contribution >= 0.6 is 0 Å². The Balaban J connectivity index is 3.89. The van der Waals surface area contributed by atoms with E-state index in [0.717, 1.165) is 6.29 Å². The third kappa shape index (κ3) is 6.31. The van der Waals surface area contributed by atoms with Crippen LogP contribution in [0.1, 0.15) is 40.5 Å². The maximum atomic E-state index is 11.3. The van der Waals surface area contributed by atoms with Gasteiger partial charge in [0.2, 0.25) is 0 Å². The summed E-state index contributed by atoms with van der Waals surface area (Å²) in [6.45, 7) is 7.27. The summed E-state index contributed by atoms with van der Waals surface area (Å²) < 4.78 is 5.14. The zero-order chi connectivity index (χ0) is 10.5. The summed E-state index contributed by atoms with van der Waals surface area (Å²) in [6.07, 6.45) is 1.81. The van der Waals surface area contributed by atoms with E-state index in [2.05, 4.69) is 0 Å². The molecule has 0 radical (unpaired) electrons. The minimum atomic E-state index is -0.438. The van der Waals surface area contributed by atoms with Crippen LogP contribution < -0.4 is 0 Å². The summed E-state index contributed by atoms with van der Waals surface area (Å²) >= 11 is 0. The summed E-state index contributed by atoms with van der Waals surface area (Å²) in [4.78, 5) is 21.4. The first-order chi connectivity index (χ1) is 5.87. The van der Waals surface area contributed by atoms with Crippen molar-refractivity contribution in [2.75, 3.05) is 0 Å². The van der Waals surface area contributed by atoms with Crippen LogP contribution in [0.2, 0.25) is 0 Å². The molecule has 0 saturated heterocycles. The van der Waals surface area contributed by atoms with Crippen LogP contribution in [0.25, 0.3) is 0 Å². The van der Waals surface area contributed by atoms with Crippen LogP contribution in [-0.2, 0) is 14.3 Å². The van der Waals surface area contributed by atoms with Gasteiger partial charge in [0.05, 0.1) is 5.92 Å². The second-order valence-corrected chi connectivity index (χ2v) is 4.18. The third-order valence-electron chi connectivity index (χ3n) is 1.53. The van der Waals surface area contributed by atoms with Crippen molar-refractivity contribution in [1.29, 1.82) is 0 Å². The lowest BCUT2D eigenvalue weighted by molar-refractivity contribution is -0.159. The van der Waals surface area contributed by atoms with Crippen LogP contribution in [0, 0.1) is 5.92 Å². The van der Waals surface area contributed by atoms with Crippen LogP contribution in [0.15, 0.2) is 0 Å². The number of rotatable bonds is 4. The number of carbonyl (C=O) groups excluding carboxylic acids is 2. The SMILES string of the molecule is C[C@@H](CCC=O)C(=O)OC(C)(C)C. The molecule has 0 spiro atoms. The second-order valence-electron chi connectivity index (χ2n) is 4.18. The van der Waals surface area contributed by atoms with Gasteiger partial charge < -0.3 is 9.53 Å². The standard InChI is InChI=1S/C10H18O3/c1-8(6-5-7-11)9(12)13-10(2,3)4/h7-8H,5-6H2,1-4H3/t8-/m0/s1.